The Bertz CT molecular complexity index is 362. The van der Waals surface area contributed by atoms with Crippen LogP contribution in [-0.4, -0.2) is 23.5 Å². The van der Waals surface area contributed by atoms with Crippen molar-refractivity contribution in [1.82, 2.24) is 5.32 Å². The molecule has 0 aliphatic heterocycles. The summed E-state index contributed by atoms with van der Waals surface area (Å²) in [6.45, 7) is 2.48. The second kappa shape index (κ2) is 7.06. The molecule has 2 N–H and O–H groups in total. The molecular formula is C12H17NO3S. The Morgan fingerprint density at radius 1 is 1.53 bits per heavy atom. The average molecular weight is 255 g/mol. The molecule has 1 aromatic rings. The first-order valence-electron chi connectivity index (χ1n) is 5.59. The predicted molar refractivity (Wildman–Crippen MR) is 67.1 cm³/mol. The number of aliphatic carboxylic acids is 1. The third kappa shape index (κ3) is 6.06. The van der Waals surface area contributed by atoms with Crippen molar-refractivity contribution in [2.75, 3.05) is 6.54 Å². The van der Waals surface area contributed by atoms with Gasteiger partial charge in [-0.15, -0.1) is 11.3 Å². The SMILES string of the molecule is CC(CCC(=O)O)CNC(=O)Cc1cccs1. The molecule has 0 aromatic carbocycles. The van der Waals surface area contributed by atoms with Crippen molar-refractivity contribution in [3.63, 3.8) is 0 Å². The van der Waals surface area contributed by atoms with Crippen LogP contribution >= 0.6 is 11.3 Å². The van der Waals surface area contributed by atoms with Crippen LogP contribution in [0.1, 0.15) is 24.6 Å². The number of hydrogen-bond acceptors (Lipinski definition) is 3. The molecule has 0 aliphatic carbocycles. The van der Waals surface area contributed by atoms with Crippen LogP contribution < -0.4 is 5.32 Å². The zero-order chi connectivity index (χ0) is 12.7. The van der Waals surface area contributed by atoms with Gasteiger partial charge in [0, 0.05) is 17.8 Å². The lowest BCUT2D eigenvalue weighted by Crippen LogP contribution is -2.29. The number of carbonyl (C=O) groups excluding carboxylic acids is 1. The van der Waals surface area contributed by atoms with E-state index >= 15 is 0 Å². The third-order valence-corrected chi connectivity index (χ3v) is 3.29. The van der Waals surface area contributed by atoms with Crippen LogP contribution in [0.5, 0.6) is 0 Å². The highest BCUT2D eigenvalue weighted by atomic mass is 32.1. The Morgan fingerprint density at radius 2 is 2.29 bits per heavy atom. The quantitative estimate of drug-likeness (QED) is 0.782. The van der Waals surface area contributed by atoms with Gasteiger partial charge >= 0.3 is 5.97 Å². The van der Waals surface area contributed by atoms with Gasteiger partial charge in [-0.2, -0.15) is 0 Å². The lowest BCUT2D eigenvalue weighted by Gasteiger charge is -2.10. The zero-order valence-corrected chi connectivity index (χ0v) is 10.6. The first-order chi connectivity index (χ1) is 8.08. The maximum Gasteiger partial charge on any atom is 0.303 e. The van der Waals surface area contributed by atoms with Crippen LogP contribution in [0.4, 0.5) is 0 Å². The van der Waals surface area contributed by atoms with Crippen molar-refractivity contribution < 1.29 is 14.7 Å². The van der Waals surface area contributed by atoms with Crippen molar-refractivity contribution in [3.05, 3.63) is 22.4 Å². The molecule has 1 amide bonds. The summed E-state index contributed by atoms with van der Waals surface area (Å²) in [7, 11) is 0. The summed E-state index contributed by atoms with van der Waals surface area (Å²) in [4.78, 5) is 22.9. The van der Waals surface area contributed by atoms with Gasteiger partial charge in [0.1, 0.15) is 0 Å². The molecule has 1 unspecified atom stereocenters. The Labute approximate surface area is 105 Å². The molecule has 5 heteroatoms. The highest BCUT2D eigenvalue weighted by Gasteiger charge is 2.08. The Balaban J connectivity index is 2.17. The van der Waals surface area contributed by atoms with E-state index < -0.39 is 5.97 Å². The van der Waals surface area contributed by atoms with E-state index in [0.717, 1.165) is 4.88 Å². The molecule has 1 rings (SSSR count). The molecule has 94 valence electrons. The highest BCUT2D eigenvalue weighted by Crippen LogP contribution is 2.09. The number of carboxylic acid groups (broad SMARTS) is 1. The summed E-state index contributed by atoms with van der Waals surface area (Å²) < 4.78 is 0. The smallest absolute Gasteiger partial charge is 0.303 e. The summed E-state index contributed by atoms with van der Waals surface area (Å²) in [5.41, 5.74) is 0. The minimum atomic E-state index is -0.790. The van der Waals surface area contributed by atoms with Crippen molar-refractivity contribution in [2.24, 2.45) is 5.92 Å². The molecule has 0 radical (unpaired) electrons. The average Bonchev–Trinajstić information content (AvgIpc) is 2.76. The summed E-state index contributed by atoms with van der Waals surface area (Å²) in [5.74, 6) is -0.602. The molecule has 0 saturated heterocycles. The van der Waals surface area contributed by atoms with Gasteiger partial charge in [-0.3, -0.25) is 9.59 Å². The van der Waals surface area contributed by atoms with Gasteiger partial charge in [0.15, 0.2) is 0 Å². The molecule has 0 spiro atoms. The fourth-order valence-electron chi connectivity index (χ4n) is 1.39. The fourth-order valence-corrected chi connectivity index (χ4v) is 2.10. The number of carbonyl (C=O) groups is 2. The summed E-state index contributed by atoms with van der Waals surface area (Å²) in [6, 6.07) is 3.85. The molecule has 0 aliphatic rings. The summed E-state index contributed by atoms with van der Waals surface area (Å²) in [5, 5.41) is 13.3. The second-order valence-corrected chi connectivity index (χ2v) is 5.13. The van der Waals surface area contributed by atoms with Gasteiger partial charge in [-0.05, 0) is 23.8 Å². The first-order valence-corrected chi connectivity index (χ1v) is 6.46. The summed E-state index contributed by atoms with van der Waals surface area (Å²) >= 11 is 1.56. The molecular weight excluding hydrogens is 238 g/mol. The van der Waals surface area contributed by atoms with Crippen LogP contribution in [0.25, 0.3) is 0 Å². The van der Waals surface area contributed by atoms with E-state index in [0.29, 0.717) is 19.4 Å². The molecule has 1 atom stereocenters. The van der Waals surface area contributed by atoms with E-state index in [1.54, 1.807) is 11.3 Å². The normalized spacial score (nSPS) is 12.1. The van der Waals surface area contributed by atoms with Gasteiger partial charge < -0.3 is 10.4 Å². The molecule has 4 nitrogen and oxygen atoms in total. The van der Waals surface area contributed by atoms with Crippen LogP contribution in [0.2, 0.25) is 0 Å². The number of nitrogens with one attached hydrogen (secondary N) is 1. The Kier molecular flexibility index (Phi) is 5.69. The van der Waals surface area contributed by atoms with Gasteiger partial charge in [-0.25, -0.2) is 0 Å². The Morgan fingerprint density at radius 3 is 2.88 bits per heavy atom. The molecule has 17 heavy (non-hydrogen) atoms. The second-order valence-electron chi connectivity index (χ2n) is 4.10. The number of rotatable bonds is 7. The van der Waals surface area contributed by atoms with Crippen LogP contribution in [0.3, 0.4) is 0 Å². The highest BCUT2D eigenvalue weighted by molar-refractivity contribution is 7.10. The van der Waals surface area contributed by atoms with Crippen LogP contribution in [-0.2, 0) is 16.0 Å². The van der Waals surface area contributed by atoms with E-state index in [1.165, 1.54) is 0 Å². The number of hydrogen-bond donors (Lipinski definition) is 2. The zero-order valence-electron chi connectivity index (χ0n) is 9.81. The van der Waals surface area contributed by atoms with Crippen molar-refractivity contribution in [2.45, 2.75) is 26.2 Å². The van der Waals surface area contributed by atoms with E-state index in [1.807, 2.05) is 24.4 Å². The lowest BCUT2D eigenvalue weighted by atomic mass is 10.1. The number of amides is 1. The van der Waals surface area contributed by atoms with Crippen LogP contribution in [0.15, 0.2) is 17.5 Å². The van der Waals surface area contributed by atoms with Gasteiger partial charge in [0.05, 0.1) is 6.42 Å². The lowest BCUT2D eigenvalue weighted by molar-refractivity contribution is -0.137. The van der Waals surface area contributed by atoms with Gasteiger partial charge in [-0.1, -0.05) is 13.0 Å². The molecule has 0 bridgehead atoms. The minimum Gasteiger partial charge on any atom is -0.481 e. The number of carboxylic acids is 1. The molecule has 1 aromatic heterocycles. The largest absolute Gasteiger partial charge is 0.481 e. The van der Waals surface area contributed by atoms with E-state index in [4.69, 9.17) is 5.11 Å². The number of thiophene rings is 1. The molecule has 0 fully saturated rings. The predicted octanol–water partition coefficient (Wildman–Crippen LogP) is 1.91. The van der Waals surface area contributed by atoms with Gasteiger partial charge in [0.25, 0.3) is 0 Å². The van der Waals surface area contributed by atoms with E-state index in [-0.39, 0.29) is 18.2 Å². The topological polar surface area (TPSA) is 66.4 Å². The van der Waals surface area contributed by atoms with Crippen LogP contribution in [0, 0.1) is 5.92 Å². The maximum absolute atomic E-state index is 11.5. The Hall–Kier alpha value is -1.36. The third-order valence-electron chi connectivity index (χ3n) is 2.41. The minimum absolute atomic E-state index is 0.00498. The maximum atomic E-state index is 11.5. The van der Waals surface area contributed by atoms with Gasteiger partial charge in [0.2, 0.25) is 5.91 Å². The molecule has 1 heterocycles. The first kappa shape index (κ1) is 13.7. The van der Waals surface area contributed by atoms with Crippen molar-refractivity contribution in [3.8, 4) is 0 Å². The fraction of sp³-hybridized carbons (Fsp3) is 0.500. The molecule has 0 saturated carbocycles. The van der Waals surface area contributed by atoms with Crippen molar-refractivity contribution in [1.29, 1.82) is 0 Å². The standard InChI is InChI=1S/C12H17NO3S/c1-9(4-5-12(15)16)8-13-11(14)7-10-3-2-6-17-10/h2-3,6,9H,4-5,7-8H2,1H3,(H,13,14)(H,15,16). The van der Waals surface area contributed by atoms with E-state index in [9.17, 15) is 9.59 Å². The monoisotopic (exact) mass is 255 g/mol. The van der Waals surface area contributed by atoms with E-state index in [2.05, 4.69) is 5.32 Å². The van der Waals surface area contributed by atoms with Crippen molar-refractivity contribution >= 4 is 23.2 Å². The summed E-state index contributed by atoms with van der Waals surface area (Å²) in [6.07, 6.45) is 1.15.